The molecular weight excluding hydrogens is 225 g/mol. The smallest absolute Gasteiger partial charge is 0.405 e. The minimum absolute atomic E-state index is 0.0415. The lowest BCUT2D eigenvalue weighted by Crippen LogP contribution is -2.17. The largest absolute Gasteiger partial charge is 0.573 e. The Morgan fingerprint density at radius 2 is 1.94 bits per heavy atom. The number of alkyl halides is 3. The van der Waals surface area contributed by atoms with Crippen LogP contribution in [0.5, 0.6) is 5.75 Å². The van der Waals surface area contributed by atoms with E-state index >= 15 is 0 Å². The summed E-state index contributed by atoms with van der Waals surface area (Å²) >= 11 is 0. The van der Waals surface area contributed by atoms with Gasteiger partial charge in [0.2, 0.25) is 12.2 Å². The molecule has 0 aliphatic carbocycles. The summed E-state index contributed by atoms with van der Waals surface area (Å²) in [5, 5.41) is 3.44. The SMILES string of the molecule is FC(F)(F)Oc1ccccc1-c1ncon1. The molecule has 0 amide bonds. The van der Waals surface area contributed by atoms with Crippen LogP contribution in [0.3, 0.4) is 0 Å². The molecule has 0 saturated carbocycles. The molecule has 0 aliphatic heterocycles. The monoisotopic (exact) mass is 230 g/mol. The second kappa shape index (κ2) is 3.84. The van der Waals surface area contributed by atoms with Crippen LogP contribution in [0, 0.1) is 0 Å². The van der Waals surface area contributed by atoms with Gasteiger partial charge in [0.15, 0.2) is 0 Å². The van der Waals surface area contributed by atoms with Gasteiger partial charge in [-0.3, -0.25) is 0 Å². The first-order valence-electron chi connectivity index (χ1n) is 4.18. The van der Waals surface area contributed by atoms with Gasteiger partial charge in [-0.1, -0.05) is 17.3 Å². The van der Waals surface area contributed by atoms with Gasteiger partial charge in [-0.15, -0.1) is 13.2 Å². The van der Waals surface area contributed by atoms with Crippen molar-refractivity contribution < 1.29 is 22.4 Å². The van der Waals surface area contributed by atoms with E-state index in [4.69, 9.17) is 0 Å². The number of hydrogen-bond donors (Lipinski definition) is 0. The lowest BCUT2D eigenvalue weighted by Gasteiger charge is -2.10. The van der Waals surface area contributed by atoms with Crippen LogP contribution >= 0.6 is 0 Å². The molecule has 16 heavy (non-hydrogen) atoms. The molecule has 1 heterocycles. The third kappa shape index (κ3) is 2.30. The van der Waals surface area contributed by atoms with E-state index in [9.17, 15) is 13.2 Å². The fraction of sp³-hybridized carbons (Fsp3) is 0.111. The van der Waals surface area contributed by atoms with E-state index in [0.717, 1.165) is 6.39 Å². The summed E-state index contributed by atoms with van der Waals surface area (Å²) in [4.78, 5) is 3.65. The van der Waals surface area contributed by atoms with Crippen LogP contribution in [0.2, 0.25) is 0 Å². The van der Waals surface area contributed by atoms with Gasteiger partial charge in [0.1, 0.15) is 5.75 Å². The molecule has 0 fully saturated rings. The second-order valence-corrected chi connectivity index (χ2v) is 2.80. The van der Waals surface area contributed by atoms with E-state index in [1.165, 1.54) is 18.2 Å². The molecule has 2 aromatic rings. The van der Waals surface area contributed by atoms with Gasteiger partial charge < -0.3 is 9.26 Å². The molecule has 0 atom stereocenters. The van der Waals surface area contributed by atoms with Crippen LogP contribution < -0.4 is 4.74 Å². The average molecular weight is 230 g/mol. The number of aromatic nitrogens is 2. The molecule has 0 unspecified atom stereocenters. The predicted octanol–water partition coefficient (Wildman–Crippen LogP) is 2.64. The number of nitrogens with zero attached hydrogens (tertiary/aromatic N) is 2. The summed E-state index contributed by atoms with van der Waals surface area (Å²) in [7, 11) is 0. The zero-order valence-corrected chi connectivity index (χ0v) is 7.73. The molecule has 0 radical (unpaired) electrons. The van der Waals surface area contributed by atoms with Crippen molar-refractivity contribution in [2.24, 2.45) is 0 Å². The maximum atomic E-state index is 12.1. The molecule has 2 rings (SSSR count). The molecule has 1 aromatic carbocycles. The van der Waals surface area contributed by atoms with Crippen molar-refractivity contribution in [1.82, 2.24) is 10.1 Å². The first-order valence-corrected chi connectivity index (χ1v) is 4.18. The maximum Gasteiger partial charge on any atom is 0.573 e. The molecule has 84 valence electrons. The third-order valence-electron chi connectivity index (χ3n) is 1.71. The van der Waals surface area contributed by atoms with Gasteiger partial charge in [-0.25, -0.2) is 0 Å². The standard InChI is InChI=1S/C9H5F3N2O2/c10-9(11,12)16-7-4-2-1-3-6(7)8-13-5-15-14-8/h1-5H. The molecule has 1 aromatic heterocycles. The summed E-state index contributed by atoms with van der Waals surface area (Å²) in [6, 6.07) is 5.56. The van der Waals surface area contributed by atoms with Crippen molar-refractivity contribution in [3.05, 3.63) is 30.7 Å². The number of ether oxygens (including phenoxy) is 1. The Kier molecular flexibility index (Phi) is 2.51. The average Bonchev–Trinajstić information content (AvgIpc) is 2.69. The number of halogens is 3. The topological polar surface area (TPSA) is 48.2 Å². The maximum absolute atomic E-state index is 12.1. The summed E-state index contributed by atoms with van der Waals surface area (Å²) < 4.78 is 44.5. The van der Waals surface area contributed by atoms with E-state index < -0.39 is 6.36 Å². The highest BCUT2D eigenvalue weighted by Gasteiger charge is 2.32. The van der Waals surface area contributed by atoms with Crippen molar-refractivity contribution >= 4 is 0 Å². The Hall–Kier alpha value is -2.05. The van der Waals surface area contributed by atoms with Gasteiger partial charge in [-0.05, 0) is 12.1 Å². The zero-order chi connectivity index (χ0) is 11.6. The Morgan fingerprint density at radius 1 is 1.19 bits per heavy atom. The van der Waals surface area contributed by atoms with Crippen molar-refractivity contribution in [2.75, 3.05) is 0 Å². The minimum atomic E-state index is -4.75. The summed E-state index contributed by atoms with van der Waals surface area (Å²) in [5.74, 6) is -0.323. The first kappa shape index (κ1) is 10.5. The van der Waals surface area contributed by atoms with Crippen LogP contribution in [0.1, 0.15) is 0 Å². The quantitative estimate of drug-likeness (QED) is 0.795. The minimum Gasteiger partial charge on any atom is -0.405 e. The van der Waals surface area contributed by atoms with E-state index in [0.29, 0.717) is 0 Å². The Bertz CT molecular complexity index is 468. The van der Waals surface area contributed by atoms with E-state index in [-0.39, 0.29) is 17.1 Å². The fourth-order valence-corrected chi connectivity index (χ4v) is 1.15. The predicted molar refractivity (Wildman–Crippen MR) is 46.4 cm³/mol. The van der Waals surface area contributed by atoms with Crippen molar-refractivity contribution in [3.63, 3.8) is 0 Å². The fourth-order valence-electron chi connectivity index (χ4n) is 1.15. The molecule has 4 nitrogen and oxygen atoms in total. The number of hydrogen-bond acceptors (Lipinski definition) is 4. The Balaban J connectivity index is 2.39. The van der Waals surface area contributed by atoms with E-state index in [1.54, 1.807) is 6.07 Å². The van der Waals surface area contributed by atoms with Crippen LogP contribution in [0.4, 0.5) is 13.2 Å². The third-order valence-corrected chi connectivity index (χ3v) is 1.71. The number of benzene rings is 1. The van der Waals surface area contributed by atoms with Gasteiger partial charge in [-0.2, -0.15) is 4.98 Å². The summed E-state index contributed by atoms with van der Waals surface area (Å²) in [6.07, 6.45) is -3.72. The molecule has 0 bridgehead atoms. The summed E-state index contributed by atoms with van der Waals surface area (Å²) in [5.41, 5.74) is 0.119. The first-order chi connectivity index (χ1) is 7.56. The van der Waals surface area contributed by atoms with E-state index in [2.05, 4.69) is 19.4 Å². The highest BCUT2D eigenvalue weighted by Crippen LogP contribution is 2.31. The van der Waals surface area contributed by atoms with Crippen LogP contribution in [-0.4, -0.2) is 16.5 Å². The van der Waals surface area contributed by atoms with Gasteiger partial charge in [0.25, 0.3) is 0 Å². The Labute approximate surface area is 87.6 Å². The molecule has 0 spiro atoms. The zero-order valence-electron chi connectivity index (χ0n) is 7.73. The lowest BCUT2D eigenvalue weighted by atomic mass is 10.2. The normalized spacial score (nSPS) is 11.4. The van der Waals surface area contributed by atoms with Gasteiger partial charge in [0, 0.05) is 0 Å². The summed E-state index contributed by atoms with van der Waals surface area (Å²) in [6.45, 7) is 0. The molecule has 0 N–H and O–H groups in total. The highest BCUT2D eigenvalue weighted by atomic mass is 19.4. The van der Waals surface area contributed by atoms with Crippen LogP contribution in [0.25, 0.3) is 11.4 Å². The second-order valence-electron chi connectivity index (χ2n) is 2.80. The molecule has 0 aliphatic rings. The highest BCUT2D eigenvalue weighted by molar-refractivity contribution is 5.63. The number of rotatable bonds is 2. The van der Waals surface area contributed by atoms with Crippen molar-refractivity contribution in [1.29, 1.82) is 0 Å². The lowest BCUT2D eigenvalue weighted by molar-refractivity contribution is -0.274. The van der Waals surface area contributed by atoms with Crippen LogP contribution in [-0.2, 0) is 0 Å². The molecular formula is C9H5F3N2O2. The van der Waals surface area contributed by atoms with Gasteiger partial charge >= 0.3 is 6.36 Å². The Morgan fingerprint density at radius 3 is 2.56 bits per heavy atom. The van der Waals surface area contributed by atoms with Crippen molar-refractivity contribution in [2.45, 2.75) is 6.36 Å². The van der Waals surface area contributed by atoms with E-state index in [1.807, 2.05) is 0 Å². The van der Waals surface area contributed by atoms with Crippen molar-refractivity contribution in [3.8, 4) is 17.1 Å². The molecule has 0 saturated heterocycles. The van der Waals surface area contributed by atoms with Crippen LogP contribution in [0.15, 0.2) is 35.2 Å². The van der Waals surface area contributed by atoms with Gasteiger partial charge in [0.05, 0.1) is 5.56 Å². The molecule has 7 heteroatoms. The number of para-hydroxylation sites is 1.